The van der Waals surface area contributed by atoms with E-state index >= 15 is 28.8 Å². The van der Waals surface area contributed by atoms with E-state index < -0.39 is 173 Å². The number of carbonyl (C=O) groups is 12. The first-order chi connectivity index (χ1) is 47.3. The van der Waals surface area contributed by atoms with E-state index in [1.54, 1.807) is 11.8 Å². The molecule has 3 saturated heterocycles. The van der Waals surface area contributed by atoms with E-state index in [1.165, 1.54) is 68.0 Å². The van der Waals surface area contributed by atoms with Gasteiger partial charge < -0.3 is 60.5 Å². The Balaban J connectivity index is 1.27. The zero-order chi connectivity index (χ0) is 73.5. The number of piperidine rings is 1. The molecule has 0 radical (unpaired) electrons. The Morgan fingerprint density at radius 2 is 1.22 bits per heavy atom. The van der Waals surface area contributed by atoms with Crippen molar-refractivity contribution in [2.45, 2.75) is 242 Å². The summed E-state index contributed by atoms with van der Waals surface area (Å²) < 4.78 is 41.6. The maximum Gasteiger partial charge on any atom is 0.417 e. The van der Waals surface area contributed by atoms with Gasteiger partial charge in [-0.25, -0.2) is 0 Å². The van der Waals surface area contributed by atoms with Gasteiger partial charge >= 0.3 is 6.18 Å². The van der Waals surface area contributed by atoms with E-state index in [0.717, 1.165) is 84.6 Å². The van der Waals surface area contributed by atoms with Crippen molar-refractivity contribution in [3.8, 4) is 0 Å². The molecule has 3 aliphatic heterocycles. The van der Waals surface area contributed by atoms with Crippen LogP contribution in [0.2, 0.25) is 5.02 Å². The van der Waals surface area contributed by atoms with E-state index in [1.807, 2.05) is 20.8 Å². The molecular formula is C72H110ClF3N12O12. The molecule has 1 aromatic rings. The molecule has 3 aliphatic carbocycles. The molecule has 1 spiro atoms. The van der Waals surface area contributed by atoms with Crippen molar-refractivity contribution in [1.29, 1.82) is 0 Å². The largest absolute Gasteiger partial charge is 0.417 e. The second-order valence-electron chi connectivity index (χ2n) is 29.8. The lowest BCUT2D eigenvalue weighted by Gasteiger charge is -2.40. The summed E-state index contributed by atoms with van der Waals surface area (Å²) in [7, 11) is 8.47. The lowest BCUT2D eigenvalue weighted by atomic mass is 9.82. The van der Waals surface area contributed by atoms with Crippen LogP contribution in [0.1, 0.15) is 193 Å². The highest BCUT2D eigenvalue weighted by atomic mass is 35.5. The van der Waals surface area contributed by atoms with Crippen molar-refractivity contribution >= 4 is 82.5 Å². The number of aryl methyl sites for hydroxylation is 1. The number of hydrogen-bond donors (Lipinski definition) is 4. The van der Waals surface area contributed by atoms with Crippen molar-refractivity contribution in [3.63, 3.8) is 0 Å². The normalized spacial score (nSPS) is 26.8. The molecular weight excluding hydrogens is 1320 g/mol. The smallest absolute Gasteiger partial charge is 0.343 e. The number of rotatable bonds is 11. The molecule has 1 unspecified atom stereocenters. The number of likely N-dealkylation sites (N-methyl/N-ethyl adjacent to an activating group) is 6. The standard InChI is InChI=1S/C72H110ClF3N12O12/c1-11-46(4)61-68(98)83(7)43-59(91)81(5)44-60(92)85(9)55(40-47-24-15-12-16-25-47)66(96)82(6)42-57(89)77-52(32-30-48-29-31-50(51(73)39-48)72(74,75)76)65(95)88-37-23-28-53(88)64(94)80-71(33-19-20-34-71)70(100)79-62(49-26-17-13-18-27-49)69(99)86(10)56(67(97)87-35-21-14-22-36-87)41-58(90)84(8)54(38-45(2)3)63(93)78-61/h29,31,39,45-47,49,52-56,61-62H,11-28,30,32-38,40-44H2,1-10H3,(H,77,89)(H,78,93)(H,79,100)(H,80,94)/t46-,52-,53?,54-,55-,56-,61-,62-/m0/s1. The van der Waals surface area contributed by atoms with Gasteiger partial charge in [0.25, 0.3) is 0 Å². The predicted octanol–water partition coefficient (Wildman–Crippen LogP) is 6.08. The van der Waals surface area contributed by atoms with Crippen LogP contribution in [-0.2, 0) is 70.1 Å². The van der Waals surface area contributed by atoms with Crippen LogP contribution in [0.4, 0.5) is 13.2 Å². The highest BCUT2D eigenvalue weighted by molar-refractivity contribution is 6.31. The van der Waals surface area contributed by atoms with Gasteiger partial charge in [-0.1, -0.05) is 116 Å². The van der Waals surface area contributed by atoms with Crippen LogP contribution in [-0.4, -0.2) is 239 Å². The molecule has 6 aliphatic rings. The van der Waals surface area contributed by atoms with Gasteiger partial charge in [-0.05, 0) is 125 Å². The van der Waals surface area contributed by atoms with Crippen LogP contribution in [0.5, 0.6) is 0 Å². The van der Waals surface area contributed by atoms with Crippen LogP contribution in [0.25, 0.3) is 0 Å². The van der Waals surface area contributed by atoms with Crippen LogP contribution < -0.4 is 21.3 Å². The molecule has 3 heterocycles. The molecule has 4 N–H and O–H groups in total. The van der Waals surface area contributed by atoms with E-state index in [4.69, 9.17) is 11.6 Å². The highest BCUT2D eigenvalue weighted by Crippen LogP contribution is 2.37. The number of carbonyl (C=O) groups excluding carboxylic acids is 12. The monoisotopic (exact) mass is 1430 g/mol. The predicted molar refractivity (Wildman–Crippen MR) is 369 cm³/mol. The summed E-state index contributed by atoms with van der Waals surface area (Å²) in [5, 5.41) is 11.2. The summed E-state index contributed by atoms with van der Waals surface area (Å²) in [5.74, 6) is -8.85. The van der Waals surface area contributed by atoms with Gasteiger partial charge in [-0.15, -0.1) is 0 Å². The van der Waals surface area contributed by atoms with Crippen LogP contribution in [0, 0.1) is 23.7 Å². The van der Waals surface area contributed by atoms with Crippen LogP contribution >= 0.6 is 11.6 Å². The second kappa shape index (κ2) is 36.2. The van der Waals surface area contributed by atoms with Gasteiger partial charge in [-0.2, -0.15) is 13.2 Å². The second-order valence-corrected chi connectivity index (χ2v) is 30.2. The van der Waals surface area contributed by atoms with E-state index in [2.05, 4.69) is 21.3 Å². The quantitative estimate of drug-likeness (QED) is 0.196. The molecule has 558 valence electrons. The maximum atomic E-state index is 15.6. The van der Waals surface area contributed by atoms with E-state index in [0.29, 0.717) is 70.0 Å². The topological polar surface area (TPSA) is 279 Å². The minimum Gasteiger partial charge on any atom is -0.343 e. The van der Waals surface area contributed by atoms with Gasteiger partial charge in [0, 0.05) is 61.9 Å². The van der Waals surface area contributed by atoms with Crippen LogP contribution in [0.15, 0.2) is 18.2 Å². The lowest BCUT2D eigenvalue weighted by Crippen LogP contribution is -2.65. The molecule has 1 aromatic carbocycles. The summed E-state index contributed by atoms with van der Waals surface area (Å²) in [5.41, 5.74) is -2.35. The number of fused-ring (bicyclic) bond motifs is 1. The summed E-state index contributed by atoms with van der Waals surface area (Å²) >= 11 is 6.15. The van der Waals surface area contributed by atoms with Gasteiger partial charge in [-0.3, -0.25) is 57.5 Å². The molecule has 0 aromatic heterocycles. The zero-order valence-corrected chi connectivity index (χ0v) is 61.2. The average Bonchev–Trinajstić information content (AvgIpc) is 1.78. The Morgan fingerprint density at radius 1 is 0.620 bits per heavy atom. The average molecular weight is 1430 g/mol. The molecule has 7 rings (SSSR count). The van der Waals surface area contributed by atoms with Crippen molar-refractivity contribution < 1.29 is 70.7 Å². The van der Waals surface area contributed by atoms with Gasteiger partial charge in [0.1, 0.15) is 47.8 Å². The third kappa shape index (κ3) is 20.6. The van der Waals surface area contributed by atoms with Crippen molar-refractivity contribution in [2.75, 3.05) is 81.6 Å². The first-order valence-electron chi connectivity index (χ1n) is 36.5. The fourth-order valence-electron chi connectivity index (χ4n) is 15.4. The number of nitrogens with zero attached hydrogens (tertiary/aromatic N) is 8. The third-order valence-corrected chi connectivity index (χ3v) is 22.3. The first-order valence-corrected chi connectivity index (χ1v) is 36.8. The lowest BCUT2D eigenvalue weighted by molar-refractivity contribution is -0.152. The molecule has 0 bridgehead atoms. The van der Waals surface area contributed by atoms with Crippen molar-refractivity contribution in [1.82, 2.24) is 60.5 Å². The van der Waals surface area contributed by atoms with E-state index in [9.17, 15) is 41.9 Å². The first kappa shape index (κ1) is 80.3. The van der Waals surface area contributed by atoms with Crippen LogP contribution in [0.3, 0.4) is 0 Å². The summed E-state index contributed by atoms with van der Waals surface area (Å²) in [6, 6.07) is -5.57. The number of hydrogen-bond acceptors (Lipinski definition) is 12. The molecule has 100 heavy (non-hydrogen) atoms. The van der Waals surface area contributed by atoms with Crippen molar-refractivity contribution in [3.05, 3.63) is 34.3 Å². The van der Waals surface area contributed by atoms with Gasteiger partial charge in [0.2, 0.25) is 70.9 Å². The van der Waals surface area contributed by atoms with Gasteiger partial charge in [0.05, 0.1) is 36.6 Å². The summed E-state index contributed by atoms with van der Waals surface area (Å²) in [4.78, 5) is 189. The number of amides is 12. The fourth-order valence-corrected chi connectivity index (χ4v) is 15.7. The minimum absolute atomic E-state index is 0.0202. The Labute approximate surface area is 592 Å². The van der Waals surface area contributed by atoms with E-state index in [-0.39, 0.29) is 63.3 Å². The summed E-state index contributed by atoms with van der Waals surface area (Å²) in [6.07, 6.45) is 7.04. The van der Waals surface area contributed by atoms with Gasteiger partial charge in [0.15, 0.2) is 0 Å². The minimum atomic E-state index is -4.76. The molecule has 3 saturated carbocycles. The fraction of sp³-hybridized carbons (Fsp3) is 0.750. The number of halogens is 4. The molecule has 8 atom stereocenters. The SMILES string of the molecule is CC[C@H](C)[C@@H]1NC(=O)[C@H](CC(C)C)N(C)C(=O)C[C@@H](C(=O)N2CCCCC2)N(C)C(=O)[C@H](C2CCCCC2)NC(=O)C2(CCCC2)NC(=O)C2CCCN2C(=O)[C@H](CCc2ccc(C(F)(F)F)c(Cl)c2)NC(=O)CN(C)C(=O)[C@H](CC2CCCCC2)N(C)C(=O)CN(C)C(=O)CN(C)C1=O. The molecule has 28 heteroatoms. The highest BCUT2D eigenvalue weighted by Gasteiger charge is 2.50. The number of nitrogens with one attached hydrogen (secondary N) is 4. The Kier molecular flexibility index (Phi) is 29.0. The third-order valence-electron chi connectivity index (χ3n) is 22.0. The Bertz CT molecular complexity index is 3100. The Hall–Kier alpha value is -7.06. The maximum absolute atomic E-state index is 15.6. The molecule has 6 fully saturated rings. The number of likely N-dealkylation sites (tertiary alicyclic amines) is 1. The number of alkyl halides is 3. The molecule has 12 amide bonds. The number of benzene rings is 1. The molecule has 24 nitrogen and oxygen atoms in total. The zero-order valence-electron chi connectivity index (χ0n) is 60.5. The summed E-state index contributed by atoms with van der Waals surface area (Å²) in [6.45, 7) is 6.45. The Morgan fingerprint density at radius 3 is 1.83 bits per heavy atom. The van der Waals surface area contributed by atoms with Crippen molar-refractivity contribution in [2.24, 2.45) is 23.7 Å².